The summed E-state index contributed by atoms with van der Waals surface area (Å²) in [6, 6.07) is 18.4. The van der Waals surface area contributed by atoms with Crippen LogP contribution in [0.3, 0.4) is 0 Å². The second kappa shape index (κ2) is 10.3. The fourth-order valence-electron chi connectivity index (χ4n) is 2.66. The third kappa shape index (κ3) is 5.65. The van der Waals surface area contributed by atoms with E-state index in [0.717, 1.165) is 20.0 Å². The van der Waals surface area contributed by atoms with Gasteiger partial charge in [0.2, 0.25) is 0 Å². The Kier molecular flexibility index (Phi) is 7.07. The Morgan fingerprint density at radius 2 is 1.87 bits per heavy atom. The Morgan fingerprint density at radius 1 is 1.03 bits per heavy atom. The van der Waals surface area contributed by atoms with Crippen molar-refractivity contribution in [2.75, 3.05) is 5.75 Å². The van der Waals surface area contributed by atoms with E-state index in [-0.39, 0.29) is 11.7 Å². The molecular weight excluding hydrogens is 434 g/mol. The first-order valence-corrected chi connectivity index (χ1v) is 11.8. The normalized spacial score (nSPS) is 11.2. The van der Waals surface area contributed by atoms with Gasteiger partial charge in [0.25, 0.3) is 5.91 Å². The molecule has 0 fully saturated rings. The number of benzene rings is 2. The minimum Gasteiger partial charge on any atom is -0.272 e. The minimum atomic E-state index is -0.194. The van der Waals surface area contributed by atoms with Crippen molar-refractivity contribution < 1.29 is 4.79 Å². The molecule has 150 valence electrons. The highest BCUT2D eigenvalue weighted by molar-refractivity contribution is 8.03. The number of hydrogen-bond donors (Lipinski definition) is 1. The molecule has 0 aliphatic carbocycles. The van der Waals surface area contributed by atoms with Crippen molar-refractivity contribution in [3.05, 3.63) is 78.1 Å². The van der Waals surface area contributed by atoms with E-state index in [2.05, 4.69) is 62.1 Å². The maximum Gasteiger partial charge on any atom is 0.250 e. The van der Waals surface area contributed by atoms with Gasteiger partial charge in [0.15, 0.2) is 8.68 Å². The van der Waals surface area contributed by atoms with Crippen molar-refractivity contribution in [2.24, 2.45) is 5.10 Å². The lowest BCUT2D eigenvalue weighted by molar-refractivity contribution is -0.118. The summed E-state index contributed by atoms with van der Waals surface area (Å²) in [4.78, 5) is 15.9. The molecule has 9 heteroatoms. The first-order valence-electron chi connectivity index (χ1n) is 9.05. The number of carbonyl (C=O) groups excluding carboxylic acids is 1. The lowest BCUT2D eigenvalue weighted by Gasteiger charge is -2.04. The smallest absolute Gasteiger partial charge is 0.250 e. The molecule has 0 saturated carbocycles. The van der Waals surface area contributed by atoms with E-state index in [4.69, 9.17) is 0 Å². The summed E-state index contributed by atoms with van der Waals surface area (Å²) in [5.41, 5.74) is 4.60. The zero-order valence-electron chi connectivity index (χ0n) is 15.8. The molecule has 0 spiro atoms. The van der Waals surface area contributed by atoms with E-state index >= 15 is 0 Å². The highest BCUT2D eigenvalue weighted by atomic mass is 32.2. The first-order chi connectivity index (χ1) is 14.8. The van der Waals surface area contributed by atoms with Gasteiger partial charge in [0.1, 0.15) is 0 Å². The van der Waals surface area contributed by atoms with E-state index in [9.17, 15) is 4.79 Å². The van der Waals surface area contributed by atoms with Crippen molar-refractivity contribution >= 4 is 57.8 Å². The summed E-state index contributed by atoms with van der Waals surface area (Å²) in [6.07, 6.45) is 4.91. The van der Waals surface area contributed by atoms with Crippen LogP contribution in [0, 0.1) is 0 Å². The minimum absolute atomic E-state index is 0.194. The maximum absolute atomic E-state index is 11.9. The van der Waals surface area contributed by atoms with Gasteiger partial charge < -0.3 is 0 Å². The molecule has 4 aromatic rings. The van der Waals surface area contributed by atoms with Crippen LogP contribution in [0.5, 0.6) is 0 Å². The summed E-state index contributed by atoms with van der Waals surface area (Å²) < 4.78 is 1.65. The number of nitrogens with one attached hydrogen (secondary N) is 1. The van der Waals surface area contributed by atoms with Gasteiger partial charge in [-0.15, -0.1) is 10.2 Å². The number of pyridine rings is 1. The molecule has 30 heavy (non-hydrogen) atoms. The predicted molar refractivity (Wildman–Crippen MR) is 124 cm³/mol. The largest absolute Gasteiger partial charge is 0.272 e. The van der Waals surface area contributed by atoms with Crippen LogP contribution >= 0.6 is 34.9 Å². The van der Waals surface area contributed by atoms with Crippen LogP contribution in [-0.2, 0) is 10.5 Å². The third-order valence-corrected chi connectivity index (χ3v) is 7.27. The van der Waals surface area contributed by atoms with Crippen LogP contribution in [0.2, 0.25) is 0 Å². The number of aromatic nitrogens is 3. The summed E-state index contributed by atoms with van der Waals surface area (Å²) in [6.45, 7) is 0. The van der Waals surface area contributed by atoms with E-state index < -0.39 is 0 Å². The Labute approximate surface area is 186 Å². The topological polar surface area (TPSA) is 80.1 Å². The van der Waals surface area contributed by atoms with E-state index in [0.29, 0.717) is 0 Å². The fraction of sp³-hybridized carbons (Fsp3) is 0.0952. The molecule has 6 nitrogen and oxygen atoms in total. The predicted octanol–water partition coefficient (Wildman–Crippen LogP) is 4.62. The molecule has 0 aliphatic heterocycles. The highest BCUT2D eigenvalue weighted by Crippen LogP contribution is 2.32. The van der Waals surface area contributed by atoms with Gasteiger partial charge in [0, 0.05) is 23.7 Å². The summed E-state index contributed by atoms with van der Waals surface area (Å²) in [7, 11) is 0. The van der Waals surface area contributed by atoms with Crippen LogP contribution in [0.1, 0.15) is 11.1 Å². The molecule has 1 N–H and O–H groups in total. The quantitative estimate of drug-likeness (QED) is 0.239. The Hall–Kier alpha value is -2.75. The van der Waals surface area contributed by atoms with Crippen molar-refractivity contribution in [1.29, 1.82) is 0 Å². The van der Waals surface area contributed by atoms with E-state index in [1.807, 2.05) is 18.2 Å². The molecule has 0 atom stereocenters. The van der Waals surface area contributed by atoms with Gasteiger partial charge in [0.05, 0.1) is 12.0 Å². The Balaban J connectivity index is 1.26. The Bertz CT molecular complexity index is 1160. The molecule has 0 radical (unpaired) electrons. The number of amides is 1. The molecule has 4 rings (SSSR count). The number of carbonyl (C=O) groups is 1. The molecule has 0 saturated heterocycles. The maximum atomic E-state index is 11.9. The van der Waals surface area contributed by atoms with Crippen molar-refractivity contribution in [1.82, 2.24) is 20.6 Å². The van der Waals surface area contributed by atoms with Crippen molar-refractivity contribution in [3.63, 3.8) is 0 Å². The van der Waals surface area contributed by atoms with Crippen molar-refractivity contribution in [2.45, 2.75) is 14.4 Å². The van der Waals surface area contributed by atoms with Gasteiger partial charge in [-0.3, -0.25) is 9.78 Å². The SMILES string of the molecule is O=C(CSc1nnc(SCc2cccc3ccccc23)s1)N/N=C/c1cccnc1. The molecule has 0 aliphatic rings. The number of rotatable bonds is 8. The van der Waals surface area contributed by atoms with E-state index in [1.165, 1.54) is 39.4 Å². The molecule has 2 aromatic carbocycles. The van der Waals surface area contributed by atoms with Crippen LogP contribution in [-0.4, -0.2) is 33.1 Å². The Morgan fingerprint density at radius 3 is 2.73 bits per heavy atom. The number of fused-ring (bicyclic) bond motifs is 1. The molecular formula is C21H17N5OS3. The summed E-state index contributed by atoms with van der Waals surface area (Å²) >= 11 is 4.51. The van der Waals surface area contributed by atoms with Gasteiger partial charge in [-0.1, -0.05) is 83.4 Å². The number of hydrazone groups is 1. The van der Waals surface area contributed by atoms with Crippen LogP contribution in [0.4, 0.5) is 0 Å². The summed E-state index contributed by atoms with van der Waals surface area (Å²) in [5, 5.41) is 14.8. The van der Waals surface area contributed by atoms with Gasteiger partial charge in [-0.05, 0) is 22.4 Å². The number of nitrogens with zero attached hydrogens (tertiary/aromatic N) is 4. The number of hydrogen-bond acceptors (Lipinski definition) is 8. The second-order valence-corrected chi connectivity index (χ2v) is 9.55. The monoisotopic (exact) mass is 451 g/mol. The molecule has 1 amide bonds. The van der Waals surface area contributed by atoms with Crippen LogP contribution in [0.25, 0.3) is 10.8 Å². The van der Waals surface area contributed by atoms with Crippen LogP contribution < -0.4 is 5.43 Å². The van der Waals surface area contributed by atoms with Gasteiger partial charge >= 0.3 is 0 Å². The highest BCUT2D eigenvalue weighted by Gasteiger charge is 2.09. The zero-order chi connectivity index (χ0) is 20.6. The molecule has 2 aromatic heterocycles. The van der Waals surface area contributed by atoms with E-state index in [1.54, 1.807) is 30.4 Å². The fourth-order valence-corrected chi connectivity index (χ4v) is 5.48. The first kappa shape index (κ1) is 20.5. The molecule has 2 heterocycles. The zero-order valence-corrected chi connectivity index (χ0v) is 18.2. The summed E-state index contributed by atoms with van der Waals surface area (Å²) in [5.74, 6) is 0.859. The van der Waals surface area contributed by atoms with Gasteiger partial charge in [-0.2, -0.15) is 5.10 Å². The number of thioether (sulfide) groups is 2. The average Bonchev–Trinajstić information content (AvgIpc) is 3.25. The second-order valence-electron chi connectivity index (χ2n) is 6.13. The van der Waals surface area contributed by atoms with Crippen molar-refractivity contribution in [3.8, 4) is 0 Å². The standard InChI is InChI=1S/C21H17N5OS3/c27-19(24-23-12-15-5-4-10-22-11-15)14-29-21-26-25-20(30-21)28-13-17-8-3-7-16-6-1-2-9-18(16)17/h1-12H,13-14H2,(H,24,27)/b23-12+. The van der Waals surface area contributed by atoms with Gasteiger partial charge in [-0.25, -0.2) is 5.43 Å². The molecule has 0 bridgehead atoms. The third-order valence-electron chi connectivity index (χ3n) is 4.03. The average molecular weight is 452 g/mol. The lowest BCUT2D eigenvalue weighted by Crippen LogP contribution is -2.19. The lowest BCUT2D eigenvalue weighted by atomic mass is 10.1. The molecule has 0 unspecified atom stereocenters. The van der Waals surface area contributed by atoms with Crippen LogP contribution in [0.15, 0.2) is 80.8 Å².